The smallest absolute Gasteiger partial charge is 0.0326 e. The first-order valence-electron chi connectivity index (χ1n) is 8.12. The Morgan fingerprint density at radius 3 is 1.29 bits per heavy atom. The molecule has 2 fully saturated rings. The Morgan fingerprint density at radius 2 is 0.941 bits per heavy atom. The van der Waals surface area contributed by atoms with Gasteiger partial charge in [-0.15, -0.1) is 0 Å². The molecule has 0 saturated heterocycles. The van der Waals surface area contributed by atoms with Crippen molar-refractivity contribution >= 4 is 0 Å². The van der Waals surface area contributed by atoms with E-state index < -0.39 is 0 Å². The minimum atomic E-state index is 0.733. The summed E-state index contributed by atoms with van der Waals surface area (Å²) >= 11 is 0. The van der Waals surface area contributed by atoms with Crippen LogP contribution in [0.25, 0.3) is 0 Å². The maximum atomic E-state index is 2.53. The molecule has 0 aromatic rings. The summed E-state index contributed by atoms with van der Waals surface area (Å²) in [7, 11) is 0. The summed E-state index contributed by atoms with van der Waals surface area (Å²) < 4.78 is 0. The van der Waals surface area contributed by atoms with Gasteiger partial charge < -0.3 is 0 Å². The highest BCUT2D eigenvalue weighted by Gasteiger charge is 2.29. The third-order valence-corrected chi connectivity index (χ3v) is 5.68. The molecule has 100 valence electrons. The van der Waals surface area contributed by atoms with Gasteiger partial charge in [0.05, 0.1) is 0 Å². The fourth-order valence-corrected chi connectivity index (χ4v) is 4.24. The molecule has 0 amide bonds. The van der Waals surface area contributed by atoms with Crippen molar-refractivity contribution in [3.05, 3.63) is 0 Å². The summed E-state index contributed by atoms with van der Waals surface area (Å²) in [5.41, 5.74) is 1.47. The first-order chi connectivity index (χ1) is 8.12. The van der Waals surface area contributed by atoms with E-state index in [1.807, 2.05) is 0 Å². The van der Waals surface area contributed by atoms with Gasteiger partial charge in [0.2, 0.25) is 0 Å². The minimum absolute atomic E-state index is 0.733. The van der Waals surface area contributed by atoms with Crippen molar-refractivity contribution in [3.63, 3.8) is 0 Å². The van der Waals surface area contributed by atoms with Crippen LogP contribution in [0.3, 0.4) is 0 Å². The van der Waals surface area contributed by atoms with Gasteiger partial charge in [0.15, 0.2) is 0 Å². The predicted octanol–water partition coefficient (Wildman–Crippen LogP) is 6.10. The van der Waals surface area contributed by atoms with Crippen LogP contribution in [0.15, 0.2) is 0 Å². The summed E-state index contributed by atoms with van der Waals surface area (Å²) in [6.45, 7) is 5.05. The monoisotopic (exact) mass is 236 g/mol. The Morgan fingerprint density at radius 1 is 0.588 bits per heavy atom. The largest absolute Gasteiger partial charge is 0.0596 e. The highest BCUT2D eigenvalue weighted by Crippen LogP contribution is 2.43. The summed E-state index contributed by atoms with van der Waals surface area (Å²) in [4.78, 5) is 0. The Balaban J connectivity index is 1.54. The highest BCUT2D eigenvalue weighted by atomic mass is 14.3. The van der Waals surface area contributed by atoms with Crippen LogP contribution in [-0.2, 0) is 0 Å². The molecule has 0 nitrogen and oxygen atoms in total. The molecule has 2 saturated carbocycles. The molecule has 0 radical (unpaired) electrons. The number of hydrogen-bond donors (Lipinski definition) is 0. The first-order valence-corrected chi connectivity index (χ1v) is 8.12. The molecule has 0 heterocycles. The van der Waals surface area contributed by atoms with Crippen LogP contribution in [0, 0.1) is 10.8 Å². The zero-order valence-corrected chi connectivity index (χ0v) is 12.2. The Hall–Kier alpha value is 0. The highest BCUT2D eigenvalue weighted by molar-refractivity contribution is 4.81. The molecule has 0 heteroatoms. The van der Waals surface area contributed by atoms with Crippen molar-refractivity contribution in [2.24, 2.45) is 10.8 Å². The van der Waals surface area contributed by atoms with Crippen molar-refractivity contribution in [2.75, 3.05) is 0 Å². The van der Waals surface area contributed by atoms with Crippen LogP contribution in [0.4, 0.5) is 0 Å². The summed E-state index contributed by atoms with van der Waals surface area (Å²) in [6, 6.07) is 0. The van der Waals surface area contributed by atoms with Gasteiger partial charge in [-0.3, -0.25) is 0 Å². The molecule has 0 spiro atoms. The second-order valence-corrected chi connectivity index (χ2v) is 7.60. The van der Waals surface area contributed by atoms with Crippen LogP contribution in [0.5, 0.6) is 0 Å². The molecule has 0 aromatic carbocycles. The number of unbranched alkanes of at least 4 members (excludes halogenated alkanes) is 2. The van der Waals surface area contributed by atoms with E-state index in [1.165, 1.54) is 83.5 Å². The molecule has 0 aromatic heterocycles. The lowest BCUT2D eigenvalue weighted by Gasteiger charge is -2.25. The lowest BCUT2D eigenvalue weighted by atomic mass is 9.81. The SMILES string of the molecule is CC1(CCCCCC2(C)CCCC2)CCCC1. The first kappa shape index (κ1) is 13.4. The molecule has 2 rings (SSSR count). The van der Waals surface area contributed by atoms with E-state index in [1.54, 1.807) is 0 Å². The van der Waals surface area contributed by atoms with Gasteiger partial charge in [-0.2, -0.15) is 0 Å². The number of hydrogen-bond acceptors (Lipinski definition) is 0. The molecular weight excluding hydrogens is 204 g/mol. The van der Waals surface area contributed by atoms with Gasteiger partial charge >= 0.3 is 0 Å². The van der Waals surface area contributed by atoms with E-state index >= 15 is 0 Å². The van der Waals surface area contributed by atoms with E-state index in [0.717, 1.165) is 10.8 Å². The lowest BCUT2D eigenvalue weighted by Crippen LogP contribution is -2.12. The molecule has 0 aliphatic heterocycles. The van der Waals surface area contributed by atoms with Crippen LogP contribution < -0.4 is 0 Å². The second-order valence-electron chi connectivity index (χ2n) is 7.60. The third kappa shape index (κ3) is 4.00. The third-order valence-electron chi connectivity index (χ3n) is 5.68. The molecular formula is C17H32. The average molecular weight is 236 g/mol. The van der Waals surface area contributed by atoms with E-state index in [9.17, 15) is 0 Å². The topological polar surface area (TPSA) is 0 Å². The van der Waals surface area contributed by atoms with Crippen LogP contribution in [0.2, 0.25) is 0 Å². The maximum absolute atomic E-state index is 2.53. The van der Waals surface area contributed by atoms with Crippen molar-refractivity contribution in [1.29, 1.82) is 0 Å². The fourth-order valence-electron chi connectivity index (χ4n) is 4.24. The Bertz CT molecular complexity index is 192. The molecule has 2 aliphatic carbocycles. The van der Waals surface area contributed by atoms with Gasteiger partial charge in [-0.25, -0.2) is 0 Å². The standard InChI is InChI=1S/C17H32/c1-16(12-6-7-13-16)10-4-3-5-11-17(2)14-8-9-15-17/h3-15H2,1-2H3. The Labute approximate surface area is 109 Å². The van der Waals surface area contributed by atoms with Crippen LogP contribution in [0.1, 0.15) is 97.3 Å². The molecule has 0 bridgehead atoms. The summed E-state index contributed by atoms with van der Waals surface area (Å²) in [6.07, 6.45) is 19.5. The quantitative estimate of drug-likeness (QED) is 0.489. The molecule has 0 unspecified atom stereocenters. The van der Waals surface area contributed by atoms with E-state index in [-0.39, 0.29) is 0 Å². The van der Waals surface area contributed by atoms with Gasteiger partial charge in [0, 0.05) is 0 Å². The van der Waals surface area contributed by atoms with E-state index in [0.29, 0.717) is 0 Å². The van der Waals surface area contributed by atoms with Gasteiger partial charge in [-0.05, 0) is 49.4 Å². The van der Waals surface area contributed by atoms with Gasteiger partial charge in [-0.1, -0.05) is 58.8 Å². The zero-order valence-electron chi connectivity index (χ0n) is 12.2. The van der Waals surface area contributed by atoms with Crippen LogP contribution >= 0.6 is 0 Å². The summed E-state index contributed by atoms with van der Waals surface area (Å²) in [5.74, 6) is 0. The van der Waals surface area contributed by atoms with E-state index in [4.69, 9.17) is 0 Å². The van der Waals surface area contributed by atoms with Crippen molar-refractivity contribution < 1.29 is 0 Å². The fraction of sp³-hybridized carbons (Fsp3) is 1.00. The van der Waals surface area contributed by atoms with Crippen molar-refractivity contribution in [2.45, 2.75) is 97.3 Å². The Kier molecular flexibility index (Phi) is 4.55. The van der Waals surface area contributed by atoms with Crippen molar-refractivity contribution in [1.82, 2.24) is 0 Å². The normalized spacial score (nSPS) is 26.5. The zero-order chi connectivity index (χ0) is 12.2. The molecule has 0 N–H and O–H groups in total. The van der Waals surface area contributed by atoms with Gasteiger partial charge in [0.1, 0.15) is 0 Å². The number of rotatable bonds is 6. The second kappa shape index (κ2) is 5.76. The predicted molar refractivity (Wildman–Crippen MR) is 76.2 cm³/mol. The molecule has 17 heavy (non-hydrogen) atoms. The maximum Gasteiger partial charge on any atom is -0.0326 e. The molecule has 2 aliphatic rings. The minimum Gasteiger partial charge on any atom is -0.0596 e. The molecule has 0 atom stereocenters. The average Bonchev–Trinajstić information content (AvgIpc) is 2.89. The lowest BCUT2D eigenvalue weighted by molar-refractivity contribution is 0.272. The summed E-state index contributed by atoms with van der Waals surface area (Å²) in [5, 5.41) is 0. The van der Waals surface area contributed by atoms with Gasteiger partial charge in [0.25, 0.3) is 0 Å². The van der Waals surface area contributed by atoms with Crippen LogP contribution in [-0.4, -0.2) is 0 Å². The van der Waals surface area contributed by atoms with E-state index in [2.05, 4.69) is 13.8 Å². The van der Waals surface area contributed by atoms with Crippen molar-refractivity contribution in [3.8, 4) is 0 Å².